The van der Waals surface area contributed by atoms with Gasteiger partial charge in [-0.1, -0.05) is 5.11 Å². The summed E-state index contributed by atoms with van der Waals surface area (Å²) in [5, 5.41) is 17.4. The van der Waals surface area contributed by atoms with Gasteiger partial charge in [-0.3, -0.25) is 22.7 Å². The maximum Gasteiger partial charge on any atom is 0.472 e. The summed E-state index contributed by atoms with van der Waals surface area (Å²) in [4.78, 5) is 86.7. The number of nitrogens with two attached hydrogens (primary N) is 2. The number of azide groups is 1. The van der Waals surface area contributed by atoms with Gasteiger partial charge in [0.2, 0.25) is 0 Å². The highest BCUT2D eigenvalue weighted by atomic mass is 31.2. The zero-order chi connectivity index (χ0) is 43.3. The van der Waals surface area contributed by atoms with Crippen LogP contribution in [0.3, 0.4) is 0 Å². The Labute approximate surface area is 332 Å². The second-order valence-corrected chi connectivity index (χ2v) is 16.6. The number of aromatic nitrogens is 6. The van der Waals surface area contributed by atoms with Crippen LogP contribution in [0.5, 0.6) is 0 Å². The quantitative estimate of drug-likeness (QED) is 0.0239. The number of fused-ring (bicyclic) bond motifs is 1. The smallest absolute Gasteiger partial charge is 0.455 e. The third-order valence-corrected chi connectivity index (χ3v) is 9.93. The standard InChI is InChI=1S/C29H42N12O16P2/c1-29(2,3)56-28(45)37-14(5-4-7-36-39-32)26(43)55-22-17(54-25(21(22)42)41-13-35-20-23(31)33-12-34-24(20)41)11-52-59(49,50)57-15-9-19(40-8-6-18(30)38-27(40)44)53-16(15)10-51-58(46,47)48/h6,8,12-17,19,21-22,25,42H,4-5,7,9-11H2,1-3H3,(H,37,45)(H,49,50)(H2,30,38,44)(H2,31,33,34)(H2,46,47,48)/t14-,15-,16+,17+,19?,21+,22+,25+/m0/s1. The summed E-state index contributed by atoms with van der Waals surface area (Å²) in [6, 6.07) is -0.160. The largest absolute Gasteiger partial charge is 0.472 e. The maximum absolute atomic E-state index is 13.7. The van der Waals surface area contributed by atoms with Gasteiger partial charge in [0.15, 0.2) is 23.8 Å². The van der Waals surface area contributed by atoms with E-state index in [2.05, 4.69) is 39.8 Å². The molecule has 9 N–H and O–H groups in total. The van der Waals surface area contributed by atoms with Gasteiger partial charge in [0.25, 0.3) is 0 Å². The number of hydrogen-bond donors (Lipinski definition) is 7. The third kappa shape index (κ3) is 12.1. The number of alkyl carbamates (subject to hydrolysis) is 1. The summed E-state index contributed by atoms with van der Waals surface area (Å²) in [7, 11) is -10.3. The van der Waals surface area contributed by atoms with E-state index in [1.54, 1.807) is 20.8 Å². The summed E-state index contributed by atoms with van der Waals surface area (Å²) in [5.74, 6) is -1.25. The van der Waals surface area contributed by atoms with Crippen molar-refractivity contribution in [3.63, 3.8) is 0 Å². The van der Waals surface area contributed by atoms with Crippen molar-refractivity contribution in [3.05, 3.63) is 45.8 Å². The van der Waals surface area contributed by atoms with Gasteiger partial charge in [0.05, 0.1) is 19.5 Å². The van der Waals surface area contributed by atoms with E-state index in [0.29, 0.717) is 0 Å². The first-order chi connectivity index (χ1) is 27.6. The first-order valence-electron chi connectivity index (χ1n) is 17.5. The van der Waals surface area contributed by atoms with Crippen molar-refractivity contribution in [1.82, 2.24) is 34.4 Å². The summed E-state index contributed by atoms with van der Waals surface area (Å²) < 4.78 is 64.9. The van der Waals surface area contributed by atoms with Crippen LogP contribution >= 0.6 is 15.6 Å². The van der Waals surface area contributed by atoms with Crippen molar-refractivity contribution in [1.29, 1.82) is 0 Å². The van der Waals surface area contributed by atoms with Crippen LogP contribution in [0.4, 0.5) is 16.4 Å². The van der Waals surface area contributed by atoms with Gasteiger partial charge in [0, 0.05) is 24.1 Å². The monoisotopic (exact) mass is 876 g/mol. The second kappa shape index (κ2) is 18.6. The highest BCUT2D eigenvalue weighted by molar-refractivity contribution is 7.47. The Morgan fingerprint density at radius 2 is 1.85 bits per heavy atom. The Morgan fingerprint density at radius 3 is 2.53 bits per heavy atom. The molecule has 3 aromatic heterocycles. The number of carbonyl (C=O) groups is 2. The van der Waals surface area contributed by atoms with Gasteiger partial charge in [-0.25, -0.2) is 38.5 Å². The molecular weight excluding hydrogens is 834 g/mol. The predicted molar refractivity (Wildman–Crippen MR) is 196 cm³/mol. The number of carbonyl (C=O) groups excluding carboxylic acids is 2. The van der Waals surface area contributed by atoms with Crippen molar-refractivity contribution < 1.29 is 71.0 Å². The van der Waals surface area contributed by atoms with Crippen molar-refractivity contribution in [3.8, 4) is 0 Å². The summed E-state index contributed by atoms with van der Waals surface area (Å²) in [6.45, 7) is 2.93. The minimum Gasteiger partial charge on any atom is -0.455 e. The van der Waals surface area contributed by atoms with E-state index in [-0.39, 0.29) is 48.6 Å². The van der Waals surface area contributed by atoms with E-state index < -0.39 is 101 Å². The van der Waals surface area contributed by atoms with Crippen molar-refractivity contribution >= 4 is 50.5 Å². The number of nitrogens with zero attached hydrogens (tertiary/aromatic N) is 9. The minimum atomic E-state index is -5.24. The number of ether oxygens (including phenoxy) is 4. The molecule has 0 spiro atoms. The molecule has 324 valence electrons. The van der Waals surface area contributed by atoms with Crippen LogP contribution in [0.1, 0.15) is 52.5 Å². The average molecular weight is 877 g/mol. The number of nitrogens with one attached hydrogen (secondary N) is 1. The van der Waals surface area contributed by atoms with Crippen LogP contribution < -0.4 is 22.5 Å². The molecule has 2 saturated heterocycles. The lowest BCUT2D eigenvalue weighted by atomic mass is 10.1. The van der Waals surface area contributed by atoms with Gasteiger partial charge < -0.3 is 55.5 Å². The number of phosphoric acid groups is 2. The van der Waals surface area contributed by atoms with Crippen LogP contribution in [0.25, 0.3) is 21.6 Å². The topological polar surface area (TPSA) is 405 Å². The minimum absolute atomic E-state index is 0.0144. The van der Waals surface area contributed by atoms with Gasteiger partial charge >= 0.3 is 33.4 Å². The van der Waals surface area contributed by atoms with E-state index in [0.717, 1.165) is 10.9 Å². The predicted octanol–water partition coefficient (Wildman–Crippen LogP) is 0.301. The van der Waals surface area contributed by atoms with Crippen LogP contribution in [0.15, 0.2) is 34.8 Å². The number of aliphatic hydroxyl groups is 1. The Bertz CT molecular complexity index is 2190. The molecule has 5 rings (SSSR count). The molecule has 2 aliphatic rings. The zero-order valence-corrected chi connectivity index (χ0v) is 33.2. The Balaban J connectivity index is 1.38. The number of aliphatic hydroxyl groups excluding tert-OH is 1. The maximum atomic E-state index is 13.7. The molecule has 28 nitrogen and oxygen atoms in total. The molecule has 2 aliphatic heterocycles. The fourth-order valence-electron chi connectivity index (χ4n) is 5.93. The normalized spacial score (nSPS) is 24.9. The molecular formula is C29H42N12O16P2. The number of phosphoric ester groups is 2. The molecule has 2 fully saturated rings. The zero-order valence-electron chi connectivity index (χ0n) is 31.4. The molecule has 0 bridgehead atoms. The number of rotatable bonds is 17. The van der Waals surface area contributed by atoms with Crippen molar-refractivity contribution in [2.75, 3.05) is 31.2 Å². The lowest BCUT2D eigenvalue weighted by Crippen LogP contribution is -2.47. The number of nitrogen functional groups attached to an aromatic ring is 2. The van der Waals surface area contributed by atoms with Crippen LogP contribution in [-0.4, -0.2) is 123 Å². The molecule has 0 aromatic carbocycles. The van der Waals surface area contributed by atoms with Gasteiger partial charge in [-0.2, -0.15) is 4.98 Å². The molecule has 2 unspecified atom stereocenters. The lowest BCUT2D eigenvalue weighted by Gasteiger charge is -2.26. The number of hydrogen-bond acceptors (Lipinski definition) is 20. The Kier molecular flexibility index (Phi) is 14.3. The second-order valence-electron chi connectivity index (χ2n) is 13.9. The molecule has 3 aromatic rings. The van der Waals surface area contributed by atoms with E-state index in [4.69, 9.17) is 45.0 Å². The van der Waals surface area contributed by atoms with Gasteiger partial charge in [-0.15, -0.1) is 0 Å². The Hall–Kier alpha value is -4.82. The molecule has 30 heteroatoms. The highest BCUT2D eigenvalue weighted by Crippen LogP contribution is 2.50. The van der Waals surface area contributed by atoms with E-state index in [1.165, 1.54) is 23.2 Å². The number of anilines is 2. The van der Waals surface area contributed by atoms with E-state index >= 15 is 0 Å². The van der Waals surface area contributed by atoms with Crippen LogP contribution in [0, 0.1) is 0 Å². The average Bonchev–Trinajstić information content (AvgIpc) is 3.82. The van der Waals surface area contributed by atoms with Crippen LogP contribution in [0.2, 0.25) is 0 Å². The first-order valence-corrected chi connectivity index (χ1v) is 20.5. The van der Waals surface area contributed by atoms with E-state index in [9.17, 15) is 43.3 Å². The fourth-order valence-corrected chi connectivity index (χ4v) is 7.23. The van der Waals surface area contributed by atoms with Crippen LogP contribution in [-0.2, 0) is 46.4 Å². The summed E-state index contributed by atoms with van der Waals surface area (Å²) in [6.07, 6.45) is -8.52. The summed E-state index contributed by atoms with van der Waals surface area (Å²) in [5.41, 5.74) is 18.5. The van der Waals surface area contributed by atoms with E-state index in [1.807, 2.05) is 0 Å². The molecule has 1 amide bonds. The fraction of sp³-hybridized carbons (Fsp3) is 0.621. The molecule has 9 atom stereocenters. The molecule has 59 heavy (non-hydrogen) atoms. The third-order valence-electron chi connectivity index (χ3n) is 8.43. The SMILES string of the molecule is CC(C)(C)OC(=O)N[C@@H](CCCN=[N+]=[N-])C(=O)O[C@H]1[C@@H](O)[C@H](n2cnc3c(N)ncnc32)O[C@@H]1COP(=O)(O)O[C@H]1CC(n2ccc(N)nc2=O)O[C@@H]1COP(=O)(O)O. The molecule has 0 radical (unpaired) electrons. The Morgan fingerprint density at radius 1 is 1.12 bits per heavy atom. The molecule has 5 heterocycles. The van der Waals surface area contributed by atoms with Crippen molar-refractivity contribution in [2.45, 2.75) is 94.7 Å². The van der Waals surface area contributed by atoms with Gasteiger partial charge in [-0.05, 0) is 45.2 Å². The number of amides is 1. The number of esters is 1. The molecule has 0 saturated carbocycles. The number of imidazole rings is 1. The van der Waals surface area contributed by atoms with Crippen molar-refractivity contribution in [2.24, 2.45) is 5.11 Å². The highest BCUT2D eigenvalue weighted by Gasteiger charge is 2.50. The summed E-state index contributed by atoms with van der Waals surface area (Å²) >= 11 is 0. The lowest BCUT2D eigenvalue weighted by molar-refractivity contribution is -0.159. The molecule has 0 aliphatic carbocycles. The first kappa shape index (κ1) is 45.3. The van der Waals surface area contributed by atoms with Gasteiger partial charge in [0.1, 0.15) is 59.9 Å².